The minimum Gasteiger partial charge on any atom is -0.497 e. The average molecular weight is 258 g/mol. The van der Waals surface area contributed by atoms with Gasteiger partial charge in [0.2, 0.25) is 0 Å². The van der Waals surface area contributed by atoms with Gasteiger partial charge in [0.25, 0.3) is 0 Å². The monoisotopic (exact) mass is 257 g/mol. The number of halogens is 1. The van der Waals surface area contributed by atoms with E-state index >= 15 is 0 Å². The molecule has 1 heterocycles. The van der Waals surface area contributed by atoms with Gasteiger partial charge in [0, 0.05) is 13.0 Å². The zero-order valence-corrected chi connectivity index (χ0v) is 10.4. The van der Waals surface area contributed by atoms with E-state index in [0.717, 1.165) is 11.3 Å². The number of carbonyl (C=O) groups excluding carboxylic acids is 1. The van der Waals surface area contributed by atoms with Crippen LogP contribution in [0.25, 0.3) is 0 Å². The molecule has 1 aliphatic rings. The second kappa shape index (κ2) is 5.89. The van der Waals surface area contributed by atoms with Crippen molar-refractivity contribution in [3.8, 4) is 5.75 Å². The third-order valence-electron chi connectivity index (χ3n) is 2.85. The summed E-state index contributed by atoms with van der Waals surface area (Å²) in [6, 6.07) is 7.48. The van der Waals surface area contributed by atoms with Gasteiger partial charge in [-0.25, -0.2) is 0 Å². The van der Waals surface area contributed by atoms with Crippen LogP contribution in [-0.4, -0.2) is 25.7 Å². The maximum atomic E-state index is 11.6. The van der Waals surface area contributed by atoms with Crippen molar-refractivity contribution in [2.45, 2.75) is 18.4 Å². The molecule has 2 N–H and O–H groups in total. The van der Waals surface area contributed by atoms with Crippen molar-refractivity contribution in [3.05, 3.63) is 29.8 Å². The van der Waals surface area contributed by atoms with Gasteiger partial charge >= 0.3 is 5.97 Å². The van der Waals surface area contributed by atoms with Crippen molar-refractivity contribution >= 4 is 18.4 Å². The van der Waals surface area contributed by atoms with Crippen LogP contribution in [0.15, 0.2) is 24.3 Å². The molecule has 0 saturated carbocycles. The fourth-order valence-electron chi connectivity index (χ4n) is 1.91. The summed E-state index contributed by atoms with van der Waals surface area (Å²) < 4.78 is 10.2. The normalized spacial score (nSPS) is 22.8. The highest BCUT2D eigenvalue weighted by Gasteiger charge is 2.34. The molecule has 94 valence electrons. The molecule has 0 spiro atoms. The molecule has 2 atom stereocenters. The lowest BCUT2D eigenvalue weighted by atomic mass is 9.96. The molecule has 1 aromatic carbocycles. The van der Waals surface area contributed by atoms with E-state index in [1.807, 2.05) is 24.3 Å². The molecule has 1 aliphatic heterocycles. The zero-order valence-electron chi connectivity index (χ0n) is 9.59. The van der Waals surface area contributed by atoms with Crippen molar-refractivity contribution in [1.82, 2.24) is 0 Å². The molecule has 0 aromatic heterocycles. The first-order valence-electron chi connectivity index (χ1n) is 5.29. The molecule has 0 aliphatic carbocycles. The molecule has 0 bridgehead atoms. The standard InChI is InChI=1S/C12H15NO3.ClH/c1-15-9-4-2-8(3-5-9)11-6-10(7-13)16-12(11)14;/h2-5,10-11H,6-7,13H2,1H3;1H/t10-,11-;/m0./s1. The molecule has 4 nitrogen and oxygen atoms in total. The van der Waals surface area contributed by atoms with Gasteiger partial charge in [0.1, 0.15) is 11.9 Å². The van der Waals surface area contributed by atoms with Crippen LogP contribution in [0, 0.1) is 0 Å². The smallest absolute Gasteiger partial charge is 0.313 e. The van der Waals surface area contributed by atoms with E-state index in [4.69, 9.17) is 15.2 Å². The van der Waals surface area contributed by atoms with E-state index in [-0.39, 0.29) is 30.4 Å². The molecule has 0 unspecified atom stereocenters. The van der Waals surface area contributed by atoms with Crippen LogP contribution in [0.1, 0.15) is 17.9 Å². The number of hydrogen-bond donors (Lipinski definition) is 1. The van der Waals surface area contributed by atoms with E-state index in [1.54, 1.807) is 7.11 Å². The maximum Gasteiger partial charge on any atom is 0.313 e. The van der Waals surface area contributed by atoms with Crippen LogP contribution in [0.5, 0.6) is 5.75 Å². The second-order valence-corrected chi connectivity index (χ2v) is 3.86. The van der Waals surface area contributed by atoms with Crippen LogP contribution >= 0.6 is 12.4 Å². The molecule has 2 rings (SSSR count). The lowest BCUT2D eigenvalue weighted by Gasteiger charge is -2.06. The molecular weight excluding hydrogens is 242 g/mol. The summed E-state index contributed by atoms with van der Waals surface area (Å²) in [5.74, 6) is 0.422. The van der Waals surface area contributed by atoms with Gasteiger partial charge in [-0.3, -0.25) is 4.79 Å². The molecule has 0 amide bonds. The summed E-state index contributed by atoms with van der Waals surface area (Å²) in [6.07, 6.45) is 0.529. The first kappa shape index (κ1) is 13.8. The van der Waals surface area contributed by atoms with Crippen LogP contribution < -0.4 is 10.5 Å². The number of ether oxygens (including phenoxy) is 2. The van der Waals surface area contributed by atoms with E-state index in [1.165, 1.54) is 0 Å². The Morgan fingerprint density at radius 1 is 1.41 bits per heavy atom. The average Bonchev–Trinajstić information content (AvgIpc) is 2.71. The fourth-order valence-corrected chi connectivity index (χ4v) is 1.91. The minimum atomic E-state index is -0.181. The number of nitrogens with two attached hydrogens (primary N) is 1. The highest BCUT2D eigenvalue weighted by atomic mass is 35.5. The zero-order chi connectivity index (χ0) is 11.5. The van der Waals surface area contributed by atoms with Crippen molar-refractivity contribution in [3.63, 3.8) is 0 Å². The van der Waals surface area contributed by atoms with Crippen LogP contribution in [0.4, 0.5) is 0 Å². The lowest BCUT2D eigenvalue weighted by molar-refractivity contribution is -0.142. The Hall–Kier alpha value is -1.26. The number of carbonyl (C=O) groups is 1. The van der Waals surface area contributed by atoms with Crippen LogP contribution in [-0.2, 0) is 9.53 Å². The van der Waals surface area contributed by atoms with Gasteiger partial charge in [0.15, 0.2) is 0 Å². The quantitative estimate of drug-likeness (QED) is 0.833. The number of cyclic esters (lactones) is 1. The fraction of sp³-hybridized carbons (Fsp3) is 0.417. The molecule has 0 radical (unpaired) electrons. The molecule has 1 fully saturated rings. The summed E-state index contributed by atoms with van der Waals surface area (Å²) in [6.45, 7) is 0.387. The molecule has 5 heteroatoms. The Bertz CT molecular complexity index is 380. The highest BCUT2D eigenvalue weighted by molar-refractivity contribution is 5.85. The summed E-state index contributed by atoms with van der Waals surface area (Å²) in [5, 5.41) is 0. The Balaban J connectivity index is 0.00000144. The number of methoxy groups -OCH3 is 1. The third-order valence-corrected chi connectivity index (χ3v) is 2.85. The summed E-state index contributed by atoms with van der Waals surface area (Å²) >= 11 is 0. The van der Waals surface area contributed by atoms with Gasteiger partial charge in [-0.2, -0.15) is 0 Å². The largest absolute Gasteiger partial charge is 0.497 e. The summed E-state index contributed by atoms with van der Waals surface area (Å²) in [5.41, 5.74) is 6.44. The Labute approximate surface area is 106 Å². The van der Waals surface area contributed by atoms with E-state index < -0.39 is 0 Å². The number of hydrogen-bond acceptors (Lipinski definition) is 4. The first-order valence-corrected chi connectivity index (χ1v) is 5.29. The second-order valence-electron chi connectivity index (χ2n) is 3.86. The Morgan fingerprint density at radius 2 is 2.06 bits per heavy atom. The first-order chi connectivity index (χ1) is 7.74. The van der Waals surface area contributed by atoms with Gasteiger partial charge in [-0.05, 0) is 17.7 Å². The van der Waals surface area contributed by atoms with Crippen molar-refractivity contribution < 1.29 is 14.3 Å². The van der Waals surface area contributed by atoms with Gasteiger partial charge < -0.3 is 15.2 Å². The molecule has 1 aromatic rings. The number of rotatable bonds is 3. The number of benzene rings is 1. The molecular formula is C12H16ClNO3. The SMILES string of the molecule is COc1ccc([C@@H]2C[C@@H](CN)OC2=O)cc1.Cl. The Kier molecular flexibility index (Phi) is 4.78. The molecule has 17 heavy (non-hydrogen) atoms. The summed E-state index contributed by atoms with van der Waals surface area (Å²) in [7, 11) is 1.61. The van der Waals surface area contributed by atoms with E-state index in [0.29, 0.717) is 13.0 Å². The van der Waals surface area contributed by atoms with E-state index in [9.17, 15) is 4.79 Å². The lowest BCUT2D eigenvalue weighted by Crippen LogP contribution is -2.18. The predicted molar refractivity (Wildman–Crippen MR) is 66.5 cm³/mol. The topological polar surface area (TPSA) is 61.6 Å². The van der Waals surface area contributed by atoms with Crippen molar-refractivity contribution in [2.24, 2.45) is 5.73 Å². The van der Waals surface area contributed by atoms with Crippen LogP contribution in [0.3, 0.4) is 0 Å². The highest BCUT2D eigenvalue weighted by Crippen LogP contribution is 2.31. The molecule has 1 saturated heterocycles. The minimum absolute atomic E-state index is 0. The maximum absolute atomic E-state index is 11.6. The number of esters is 1. The summed E-state index contributed by atoms with van der Waals surface area (Å²) in [4.78, 5) is 11.6. The van der Waals surface area contributed by atoms with Gasteiger partial charge in [0.05, 0.1) is 13.0 Å². The van der Waals surface area contributed by atoms with Gasteiger partial charge in [-0.15, -0.1) is 12.4 Å². The predicted octanol–water partition coefficient (Wildman–Crippen LogP) is 1.47. The van der Waals surface area contributed by atoms with E-state index in [2.05, 4.69) is 0 Å². The third kappa shape index (κ3) is 2.90. The van der Waals surface area contributed by atoms with Crippen molar-refractivity contribution in [1.29, 1.82) is 0 Å². The van der Waals surface area contributed by atoms with Gasteiger partial charge in [-0.1, -0.05) is 12.1 Å². The van der Waals surface area contributed by atoms with Crippen LogP contribution in [0.2, 0.25) is 0 Å². The van der Waals surface area contributed by atoms with Crippen molar-refractivity contribution in [2.75, 3.05) is 13.7 Å². The Morgan fingerprint density at radius 3 is 2.53 bits per heavy atom.